The second-order valence-corrected chi connectivity index (χ2v) is 4.72. The second kappa shape index (κ2) is 6.39. The molecule has 5 nitrogen and oxygen atoms in total. The summed E-state index contributed by atoms with van der Waals surface area (Å²) in [6.07, 6.45) is 0. The van der Waals surface area contributed by atoms with Gasteiger partial charge in [0.2, 0.25) is 0 Å². The van der Waals surface area contributed by atoms with Crippen LogP contribution in [-0.2, 0) is 9.59 Å². The predicted octanol–water partition coefficient (Wildman–Crippen LogP) is 1.68. The fraction of sp³-hybridized carbons (Fsp3) is 0.333. The highest BCUT2D eigenvalue weighted by Gasteiger charge is 2.13. The van der Waals surface area contributed by atoms with Crippen molar-refractivity contribution < 1.29 is 19.4 Å². The Balaban J connectivity index is 2.54. The molecule has 1 amide bonds. The van der Waals surface area contributed by atoms with Crippen molar-refractivity contribution in [2.24, 2.45) is 0 Å². The average Bonchev–Trinajstić information content (AvgIpc) is 2.26. The molecule has 1 aromatic carbocycles. The lowest BCUT2D eigenvalue weighted by molar-refractivity contribution is -0.144. The zero-order valence-electron chi connectivity index (χ0n) is 10.1. The van der Waals surface area contributed by atoms with Crippen LogP contribution in [0.4, 0.5) is 0 Å². The number of carboxylic acids is 1. The van der Waals surface area contributed by atoms with Gasteiger partial charge in [0.1, 0.15) is 12.3 Å². The number of hydrogen-bond acceptors (Lipinski definition) is 3. The highest BCUT2D eigenvalue weighted by molar-refractivity contribution is 9.10. The first-order chi connectivity index (χ1) is 8.40. The summed E-state index contributed by atoms with van der Waals surface area (Å²) < 4.78 is 6.09. The third-order valence-corrected chi connectivity index (χ3v) is 2.86. The molecule has 0 aromatic heterocycles. The van der Waals surface area contributed by atoms with Gasteiger partial charge in [-0.15, -0.1) is 0 Å². The molecular weight excluding hydrogens is 302 g/mol. The van der Waals surface area contributed by atoms with E-state index in [1.165, 1.54) is 7.05 Å². The van der Waals surface area contributed by atoms with E-state index >= 15 is 0 Å². The van der Waals surface area contributed by atoms with Crippen LogP contribution in [-0.4, -0.2) is 42.1 Å². The van der Waals surface area contributed by atoms with Crippen LogP contribution in [0.1, 0.15) is 5.56 Å². The van der Waals surface area contributed by atoms with Gasteiger partial charge in [0, 0.05) is 7.05 Å². The monoisotopic (exact) mass is 315 g/mol. The zero-order valence-corrected chi connectivity index (χ0v) is 11.7. The number of amides is 1. The Labute approximate surface area is 113 Å². The van der Waals surface area contributed by atoms with Crippen LogP contribution in [0.2, 0.25) is 0 Å². The van der Waals surface area contributed by atoms with Crippen molar-refractivity contribution in [3.05, 3.63) is 28.2 Å². The van der Waals surface area contributed by atoms with Crippen molar-refractivity contribution in [1.29, 1.82) is 0 Å². The topological polar surface area (TPSA) is 66.8 Å². The number of rotatable bonds is 5. The summed E-state index contributed by atoms with van der Waals surface area (Å²) in [6.45, 7) is 1.42. The van der Waals surface area contributed by atoms with E-state index in [9.17, 15) is 9.59 Å². The Morgan fingerprint density at radius 3 is 2.67 bits per heavy atom. The number of aryl methyl sites for hydroxylation is 1. The normalized spacial score (nSPS) is 9.94. The molecule has 1 aromatic rings. The number of nitrogens with zero attached hydrogens (tertiary/aromatic N) is 1. The Morgan fingerprint density at radius 1 is 1.44 bits per heavy atom. The highest BCUT2D eigenvalue weighted by Crippen LogP contribution is 2.25. The molecule has 6 heteroatoms. The van der Waals surface area contributed by atoms with Gasteiger partial charge in [-0.05, 0) is 40.5 Å². The van der Waals surface area contributed by atoms with E-state index in [1.807, 2.05) is 19.1 Å². The Hall–Kier alpha value is -1.56. The molecule has 0 spiro atoms. The van der Waals surface area contributed by atoms with Gasteiger partial charge < -0.3 is 14.7 Å². The third-order valence-electron chi connectivity index (χ3n) is 2.24. The standard InChI is InChI=1S/C12H14BrNO4/c1-8-3-4-10(9(13)5-8)18-7-11(15)14(2)6-12(16)17/h3-5H,6-7H2,1-2H3,(H,16,17). The number of ether oxygens (including phenoxy) is 1. The molecule has 0 heterocycles. The first kappa shape index (κ1) is 14.5. The Kier molecular flexibility index (Phi) is 5.15. The van der Waals surface area contributed by atoms with Crippen molar-refractivity contribution in [1.82, 2.24) is 4.90 Å². The van der Waals surface area contributed by atoms with E-state index in [4.69, 9.17) is 9.84 Å². The number of likely N-dealkylation sites (N-methyl/N-ethyl adjacent to an activating group) is 1. The number of hydrogen-bond donors (Lipinski definition) is 1. The summed E-state index contributed by atoms with van der Waals surface area (Å²) in [7, 11) is 1.42. The Morgan fingerprint density at radius 2 is 2.11 bits per heavy atom. The quantitative estimate of drug-likeness (QED) is 0.897. The molecule has 0 atom stereocenters. The molecule has 98 valence electrons. The van der Waals surface area contributed by atoms with E-state index in [2.05, 4.69) is 15.9 Å². The number of halogens is 1. The SMILES string of the molecule is Cc1ccc(OCC(=O)N(C)CC(=O)O)c(Br)c1. The summed E-state index contributed by atoms with van der Waals surface area (Å²) in [4.78, 5) is 23.1. The molecule has 0 radical (unpaired) electrons. The van der Waals surface area contributed by atoms with Crippen molar-refractivity contribution in [2.75, 3.05) is 20.2 Å². The lowest BCUT2D eigenvalue weighted by Gasteiger charge is -2.15. The van der Waals surface area contributed by atoms with Gasteiger partial charge in [-0.1, -0.05) is 6.07 Å². The van der Waals surface area contributed by atoms with Gasteiger partial charge in [0.25, 0.3) is 5.91 Å². The highest BCUT2D eigenvalue weighted by atomic mass is 79.9. The number of benzene rings is 1. The molecule has 1 N–H and O–H groups in total. The fourth-order valence-corrected chi connectivity index (χ4v) is 1.87. The van der Waals surface area contributed by atoms with E-state index in [0.717, 1.165) is 14.9 Å². The number of carbonyl (C=O) groups is 2. The smallest absolute Gasteiger partial charge is 0.323 e. The second-order valence-electron chi connectivity index (χ2n) is 3.87. The first-order valence-electron chi connectivity index (χ1n) is 5.25. The molecule has 0 aliphatic carbocycles. The van der Waals surface area contributed by atoms with Crippen LogP contribution in [0.5, 0.6) is 5.75 Å². The average molecular weight is 316 g/mol. The molecule has 1 rings (SSSR count). The van der Waals surface area contributed by atoms with Gasteiger partial charge in [-0.25, -0.2) is 0 Å². The molecular formula is C12H14BrNO4. The molecule has 0 aliphatic rings. The molecule has 0 saturated carbocycles. The maximum Gasteiger partial charge on any atom is 0.323 e. The summed E-state index contributed by atoms with van der Waals surface area (Å²) in [5.41, 5.74) is 1.07. The lowest BCUT2D eigenvalue weighted by Crippen LogP contribution is -2.35. The van der Waals surface area contributed by atoms with Crippen LogP contribution in [0, 0.1) is 6.92 Å². The maximum atomic E-state index is 11.6. The van der Waals surface area contributed by atoms with Crippen LogP contribution in [0.15, 0.2) is 22.7 Å². The first-order valence-corrected chi connectivity index (χ1v) is 6.04. The van der Waals surface area contributed by atoms with Crippen molar-refractivity contribution in [2.45, 2.75) is 6.92 Å². The van der Waals surface area contributed by atoms with Crippen LogP contribution < -0.4 is 4.74 Å². The van der Waals surface area contributed by atoms with Gasteiger partial charge in [-0.2, -0.15) is 0 Å². The molecule has 0 unspecified atom stereocenters. The minimum absolute atomic E-state index is 0.189. The fourth-order valence-electron chi connectivity index (χ4n) is 1.26. The summed E-state index contributed by atoms with van der Waals surface area (Å²) in [5.74, 6) is -0.884. The summed E-state index contributed by atoms with van der Waals surface area (Å²) in [5, 5.41) is 8.55. The van der Waals surface area contributed by atoms with E-state index < -0.39 is 5.97 Å². The van der Waals surface area contributed by atoms with Gasteiger partial charge in [0.05, 0.1) is 4.47 Å². The van der Waals surface area contributed by atoms with Crippen molar-refractivity contribution >= 4 is 27.8 Å². The lowest BCUT2D eigenvalue weighted by atomic mass is 10.2. The van der Waals surface area contributed by atoms with Crippen molar-refractivity contribution in [3.63, 3.8) is 0 Å². The maximum absolute atomic E-state index is 11.6. The molecule has 0 fully saturated rings. The van der Waals surface area contributed by atoms with E-state index in [1.54, 1.807) is 6.07 Å². The van der Waals surface area contributed by atoms with Gasteiger partial charge >= 0.3 is 5.97 Å². The predicted molar refractivity (Wildman–Crippen MR) is 69.6 cm³/mol. The van der Waals surface area contributed by atoms with Crippen LogP contribution in [0.3, 0.4) is 0 Å². The van der Waals surface area contributed by atoms with E-state index in [-0.39, 0.29) is 19.1 Å². The summed E-state index contributed by atoms with van der Waals surface area (Å²) in [6, 6.07) is 5.50. The van der Waals surface area contributed by atoms with Crippen LogP contribution in [0.25, 0.3) is 0 Å². The number of aliphatic carboxylic acids is 1. The molecule has 0 bridgehead atoms. The third kappa shape index (κ3) is 4.37. The van der Waals surface area contributed by atoms with Gasteiger partial charge in [-0.3, -0.25) is 9.59 Å². The minimum atomic E-state index is -1.05. The molecule has 0 saturated heterocycles. The number of carbonyl (C=O) groups excluding carboxylic acids is 1. The van der Waals surface area contributed by atoms with E-state index in [0.29, 0.717) is 5.75 Å². The largest absolute Gasteiger partial charge is 0.483 e. The molecule has 18 heavy (non-hydrogen) atoms. The number of carboxylic acid groups (broad SMARTS) is 1. The van der Waals surface area contributed by atoms with Gasteiger partial charge in [0.15, 0.2) is 6.61 Å². The van der Waals surface area contributed by atoms with Crippen molar-refractivity contribution in [3.8, 4) is 5.75 Å². The van der Waals surface area contributed by atoms with Crippen LogP contribution >= 0.6 is 15.9 Å². The zero-order chi connectivity index (χ0) is 13.7. The molecule has 0 aliphatic heterocycles. The minimum Gasteiger partial charge on any atom is -0.483 e. The summed E-state index contributed by atoms with van der Waals surface area (Å²) >= 11 is 3.33. The Bertz CT molecular complexity index is 461.